The molecule has 1 heterocycles. The number of rotatable bonds is 2. The molecule has 88 valence electrons. The van der Waals surface area contributed by atoms with E-state index in [0.29, 0.717) is 23.7 Å². The molecule has 0 aliphatic carbocycles. The fourth-order valence-electron chi connectivity index (χ4n) is 2.01. The molecular weight excluding hydrogens is 229 g/mol. The largest absolute Gasteiger partial charge is 0.392 e. The van der Waals surface area contributed by atoms with E-state index in [-0.39, 0.29) is 11.9 Å². The summed E-state index contributed by atoms with van der Waals surface area (Å²) in [6.07, 6.45) is 0.528. The quantitative estimate of drug-likeness (QED) is 0.862. The molecule has 1 unspecified atom stereocenters. The molecule has 0 amide bonds. The zero-order valence-electron chi connectivity index (χ0n) is 9.21. The van der Waals surface area contributed by atoms with Gasteiger partial charge in [0.2, 0.25) is 0 Å². The number of aliphatic hydroxyl groups is 1. The third-order valence-corrected chi connectivity index (χ3v) is 3.32. The van der Waals surface area contributed by atoms with Crippen LogP contribution in [0.4, 0.5) is 4.39 Å². The minimum absolute atomic E-state index is 0.223. The monoisotopic (exact) mass is 243 g/mol. The minimum atomic E-state index is -0.255. The molecule has 2 rings (SSSR count). The topological polar surface area (TPSA) is 23.5 Å². The third-order valence-electron chi connectivity index (χ3n) is 2.97. The van der Waals surface area contributed by atoms with Gasteiger partial charge in [-0.25, -0.2) is 4.39 Å². The Morgan fingerprint density at radius 3 is 2.94 bits per heavy atom. The molecule has 1 atom stereocenters. The van der Waals surface area contributed by atoms with E-state index in [9.17, 15) is 9.50 Å². The second-order valence-electron chi connectivity index (χ2n) is 4.37. The summed E-state index contributed by atoms with van der Waals surface area (Å²) < 4.78 is 13.4. The van der Waals surface area contributed by atoms with Gasteiger partial charge in [0, 0.05) is 24.7 Å². The predicted molar refractivity (Wildman–Crippen MR) is 62.0 cm³/mol. The zero-order valence-corrected chi connectivity index (χ0v) is 9.97. The van der Waals surface area contributed by atoms with Crippen LogP contribution in [0.3, 0.4) is 0 Å². The maximum absolute atomic E-state index is 13.4. The van der Waals surface area contributed by atoms with Crippen molar-refractivity contribution in [3.63, 3.8) is 0 Å². The number of likely N-dealkylation sites (tertiary alicyclic amines) is 1. The average Bonchev–Trinajstić information content (AvgIpc) is 2.60. The van der Waals surface area contributed by atoms with E-state index in [4.69, 9.17) is 11.6 Å². The van der Waals surface area contributed by atoms with Gasteiger partial charge in [-0.05, 0) is 36.6 Å². The van der Waals surface area contributed by atoms with E-state index in [0.717, 1.165) is 18.5 Å². The van der Waals surface area contributed by atoms with E-state index >= 15 is 0 Å². The van der Waals surface area contributed by atoms with Gasteiger partial charge in [-0.2, -0.15) is 0 Å². The van der Waals surface area contributed by atoms with E-state index in [1.807, 2.05) is 0 Å². The lowest BCUT2D eigenvalue weighted by Crippen LogP contribution is -2.21. The normalized spacial score (nSPS) is 21.6. The van der Waals surface area contributed by atoms with Crippen LogP contribution < -0.4 is 0 Å². The number of benzene rings is 1. The van der Waals surface area contributed by atoms with Crippen LogP contribution in [-0.4, -0.2) is 29.2 Å². The number of halogens is 2. The van der Waals surface area contributed by atoms with Gasteiger partial charge in [0.1, 0.15) is 5.82 Å². The van der Waals surface area contributed by atoms with Gasteiger partial charge in [-0.3, -0.25) is 4.90 Å². The van der Waals surface area contributed by atoms with Gasteiger partial charge in [-0.1, -0.05) is 11.6 Å². The Morgan fingerprint density at radius 1 is 1.56 bits per heavy atom. The predicted octanol–water partition coefficient (Wildman–Crippen LogP) is 2.35. The molecule has 1 aromatic carbocycles. The van der Waals surface area contributed by atoms with E-state index in [1.165, 1.54) is 6.07 Å². The van der Waals surface area contributed by atoms with E-state index < -0.39 is 0 Å². The summed E-state index contributed by atoms with van der Waals surface area (Å²) in [6.45, 7) is 3.79. The van der Waals surface area contributed by atoms with Gasteiger partial charge in [0.25, 0.3) is 0 Å². The van der Waals surface area contributed by atoms with Crippen LogP contribution in [0.15, 0.2) is 12.1 Å². The van der Waals surface area contributed by atoms with Crippen molar-refractivity contribution in [1.82, 2.24) is 4.90 Å². The summed E-state index contributed by atoms with van der Waals surface area (Å²) in [5.74, 6) is -0.223. The van der Waals surface area contributed by atoms with E-state index in [2.05, 4.69) is 4.90 Å². The van der Waals surface area contributed by atoms with Gasteiger partial charge in [0.15, 0.2) is 0 Å². The highest BCUT2D eigenvalue weighted by atomic mass is 35.5. The fourth-order valence-corrected chi connectivity index (χ4v) is 2.28. The first-order valence-electron chi connectivity index (χ1n) is 5.41. The molecule has 2 nitrogen and oxygen atoms in total. The molecule has 1 saturated heterocycles. The molecular formula is C12H15ClFNO. The van der Waals surface area contributed by atoms with Gasteiger partial charge in [-0.15, -0.1) is 0 Å². The number of nitrogens with zero attached hydrogens (tertiary/aromatic N) is 1. The standard InChI is InChI=1S/C12H15ClFNO/c1-8-4-11(13)9(5-12(8)14)6-15-3-2-10(16)7-15/h4-5,10,16H,2-3,6-7H2,1H3. The Balaban J connectivity index is 2.12. The van der Waals surface area contributed by atoms with Crippen molar-refractivity contribution in [3.8, 4) is 0 Å². The molecule has 0 aromatic heterocycles. The van der Waals surface area contributed by atoms with Crippen molar-refractivity contribution in [2.24, 2.45) is 0 Å². The molecule has 16 heavy (non-hydrogen) atoms. The summed E-state index contributed by atoms with van der Waals surface area (Å²) in [5, 5.41) is 9.99. The molecule has 0 spiro atoms. The lowest BCUT2D eigenvalue weighted by molar-refractivity contribution is 0.175. The second kappa shape index (κ2) is 4.70. The summed E-state index contributed by atoms with van der Waals surface area (Å²) in [7, 11) is 0. The lowest BCUT2D eigenvalue weighted by atomic mass is 10.1. The van der Waals surface area contributed by atoms with Crippen molar-refractivity contribution in [3.05, 3.63) is 34.1 Å². The van der Waals surface area contributed by atoms with Crippen molar-refractivity contribution in [1.29, 1.82) is 0 Å². The summed E-state index contributed by atoms with van der Waals surface area (Å²) >= 11 is 6.06. The second-order valence-corrected chi connectivity index (χ2v) is 4.78. The van der Waals surface area contributed by atoms with Crippen LogP contribution in [-0.2, 0) is 6.54 Å². The highest BCUT2D eigenvalue weighted by Crippen LogP contribution is 2.23. The van der Waals surface area contributed by atoms with Gasteiger partial charge >= 0.3 is 0 Å². The summed E-state index contributed by atoms with van der Waals surface area (Å²) in [4.78, 5) is 2.08. The Hall–Kier alpha value is -0.640. The molecule has 1 aliphatic rings. The molecule has 0 radical (unpaired) electrons. The first-order valence-corrected chi connectivity index (χ1v) is 5.79. The maximum atomic E-state index is 13.4. The minimum Gasteiger partial charge on any atom is -0.392 e. The molecule has 0 bridgehead atoms. The SMILES string of the molecule is Cc1cc(Cl)c(CN2CCC(O)C2)cc1F. The first kappa shape index (κ1) is 11.8. The fraction of sp³-hybridized carbons (Fsp3) is 0.500. The van der Waals surface area contributed by atoms with Crippen LogP contribution in [0.1, 0.15) is 17.5 Å². The van der Waals surface area contributed by atoms with Crippen LogP contribution >= 0.6 is 11.6 Å². The third kappa shape index (κ3) is 2.54. The number of β-amino-alcohol motifs (C(OH)–C–C–N with tert-alkyl or cyclic N) is 1. The summed E-state index contributed by atoms with van der Waals surface area (Å²) in [5.41, 5.74) is 1.36. The molecule has 1 fully saturated rings. The zero-order chi connectivity index (χ0) is 11.7. The van der Waals surface area contributed by atoms with Crippen molar-refractivity contribution in [2.45, 2.75) is 26.0 Å². The van der Waals surface area contributed by atoms with E-state index in [1.54, 1.807) is 13.0 Å². The maximum Gasteiger partial charge on any atom is 0.126 e. The van der Waals surface area contributed by atoms with Crippen LogP contribution in [0.2, 0.25) is 5.02 Å². The lowest BCUT2D eigenvalue weighted by Gasteiger charge is -2.16. The van der Waals surface area contributed by atoms with Crippen LogP contribution in [0.5, 0.6) is 0 Å². The first-order chi connectivity index (χ1) is 7.56. The molecule has 4 heteroatoms. The smallest absolute Gasteiger partial charge is 0.126 e. The highest BCUT2D eigenvalue weighted by molar-refractivity contribution is 6.31. The Morgan fingerprint density at radius 2 is 2.31 bits per heavy atom. The highest BCUT2D eigenvalue weighted by Gasteiger charge is 2.21. The number of aryl methyl sites for hydroxylation is 1. The Kier molecular flexibility index (Phi) is 3.47. The van der Waals surface area contributed by atoms with Crippen molar-refractivity contribution in [2.75, 3.05) is 13.1 Å². The number of hydrogen-bond donors (Lipinski definition) is 1. The molecule has 0 saturated carbocycles. The number of hydrogen-bond acceptors (Lipinski definition) is 2. The molecule has 1 N–H and O–H groups in total. The van der Waals surface area contributed by atoms with Crippen molar-refractivity contribution < 1.29 is 9.50 Å². The molecule has 1 aromatic rings. The average molecular weight is 244 g/mol. The summed E-state index contributed by atoms with van der Waals surface area (Å²) in [6, 6.07) is 3.14. The Labute approximate surface area is 99.6 Å². The van der Waals surface area contributed by atoms with Gasteiger partial charge in [0.05, 0.1) is 6.10 Å². The molecule has 1 aliphatic heterocycles. The number of aliphatic hydroxyl groups excluding tert-OH is 1. The van der Waals surface area contributed by atoms with Gasteiger partial charge < -0.3 is 5.11 Å². The van der Waals surface area contributed by atoms with Crippen LogP contribution in [0, 0.1) is 12.7 Å². The van der Waals surface area contributed by atoms with Crippen molar-refractivity contribution >= 4 is 11.6 Å². The van der Waals surface area contributed by atoms with Crippen LogP contribution in [0.25, 0.3) is 0 Å². The Bertz CT molecular complexity index is 397.